The number of carbonyl (C=O) groups excluding carboxylic acids is 3. The molecule has 24 heavy (non-hydrogen) atoms. The Morgan fingerprint density at radius 3 is 2.88 bits per heavy atom. The minimum atomic E-state index is -0.436. The predicted molar refractivity (Wildman–Crippen MR) is 86.3 cm³/mol. The van der Waals surface area contributed by atoms with Crippen LogP contribution in [0.4, 0.5) is 5.69 Å². The molecule has 0 spiro atoms. The number of nitrogens with zero attached hydrogens (tertiary/aromatic N) is 1. The molecule has 6 nitrogen and oxygen atoms in total. The van der Waals surface area contributed by atoms with E-state index in [2.05, 4.69) is 0 Å². The molecule has 1 aliphatic rings. The van der Waals surface area contributed by atoms with Gasteiger partial charge in [0.05, 0.1) is 24.9 Å². The van der Waals surface area contributed by atoms with Crippen LogP contribution in [-0.4, -0.2) is 31.9 Å². The summed E-state index contributed by atoms with van der Waals surface area (Å²) in [4.78, 5) is 36.4. The molecule has 3 rings (SSSR count). The van der Waals surface area contributed by atoms with Crippen LogP contribution in [0.15, 0.2) is 42.5 Å². The summed E-state index contributed by atoms with van der Waals surface area (Å²) in [5.74, 6) is -0.105. The number of anilines is 1. The van der Waals surface area contributed by atoms with Gasteiger partial charge in [-0.15, -0.1) is 0 Å². The highest BCUT2D eigenvalue weighted by molar-refractivity contribution is 5.98. The predicted octanol–water partition coefficient (Wildman–Crippen LogP) is 2.21. The summed E-state index contributed by atoms with van der Waals surface area (Å²) >= 11 is 0. The first kappa shape index (κ1) is 15.7. The van der Waals surface area contributed by atoms with E-state index < -0.39 is 5.97 Å². The number of benzene rings is 2. The highest BCUT2D eigenvalue weighted by Gasteiger charge is 2.26. The summed E-state index contributed by atoms with van der Waals surface area (Å²) < 4.78 is 10.1. The number of carbonyl (C=O) groups is 3. The van der Waals surface area contributed by atoms with E-state index in [-0.39, 0.29) is 19.1 Å². The van der Waals surface area contributed by atoms with Gasteiger partial charge in [0, 0.05) is 5.56 Å². The monoisotopic (exact) mass is 325 g/mol. The maximum atomic E-state index is 12.3. The molecule has 1 amide bonds. The largest absolute Gasteiger partial charge is 0.482 e. The van der Waals surface area contributed by atoms with E-state index >= 15 is 0 Å². The van der Waals surface area contributed by atoms with Gasteiger partial charge < -0.3 is 14.4 Å². The van der Waals surface area contributed by atoms with Crippen molar-refractivity contribution >= 4 is 23.9 Å². The third-order valence-corrected chi connectivity index (χ3v) is 3.75. The van der Waals surface area contributed by atoms with Gasteiger partial charge in [-0.2, -0.15) is 0 Å². The highest BCUT2D eigenvalue weighted by Crippen LogP contribution is 2.33. The molecule has 0 fully saturated rings. The zero-order chi connectivity index (χ0) is 17.1. The second-order valence-electron chi connectivity index (χ2n) is 5.31. The van der Waals surface area contributed by atoms with Crippen LogP contribution in [-0.2, 0) is 16.1 Å². The molecule has 2 aromatic carbocycles. The molecule has 0 saturated heterocycles. The second-order valence-corrected chi connectivity index (χ2v) is 5.31. The smallest absolute Gasteiger partial charge is 0.337 e. The summed E-state index contributed by atoms with van der Waals surface area (Å²) in [5, 5.41) is 0. The molecule has 0 bridgehead atoms. The van der Waals surface area contributed by atoms with Crippen LogP contribution in [0.2, 0.25) is 0 Å². The zero-order valence-corrected chi connectivity index (χ0v) is 13.0. The number of fused-ring (bicyclic) bond motifs is 1. The molecule has 2 aromatic rings. The molecule has 0 unspecified atom stereocenters. The molecule has 0 saturated carbocycles. The Morgan fingerprint density at radius 2 is 2.12 bits per heavy atom. The van der Waals surface area contributed by atoms with Crippen molar-refractivity contribution in [3.63, 3.8) is 0 Å². The molecular formula is C18H15NO5. The van der Waals surface area contributed by atoms with Gasteiger partial charge in [0.15, 0.2) is 6.61 Å². The second kappa shape index (κ2) is 6.54. The van der Waals surface area contributed by atoms with E-state index in [1.54, 1.807) is 41.3 Å². The molecule has 122 valence electrons. The Kier molecular flexibility index (Phi) is 4.29. The molecule has 0 aromatic heterocycles. The number of hydrogen-bond acceptors (Lipinski definition) is 5. The van der Waals surface area contributed by atoms with Gasteiger partial charge in [0.2, 0.25) is 0 Å². The lowest BCUT2D eigenvalue weighted by Gasteiger charge is -2.29. The van der Waals surface area contributed by atoms with Crippen molar-refractivity contribution in [3.05, 3.63) is 59.2 Å². The van der Waals surface area contributed by atoms with Gasteiger partial charge in [-0.05, 0) is 35.9 Å². The maximum absolute atomic E-state index is 12.3. The first-order valence-corrected chi connectivity index (χ1v) is 7.32. The van der Waals surface area contributed by atoms with Gasteiger partial charge in [-0.1, -0.05) is 12.1 Å². The van der Waals surface area contributed by atoms with Gasteiger partial charge in [-0.25, -0.2) is 4.79 Å². The van der Waals surface area contributed by atoms with Crippen LogP contribution < -0.4 is 9.64 Å². The molecule has 6 heteroatoms. The van der Waals surface area contributed by atoms with Crippen molar-refractivity contribution in [3.8, 4) is 5.75 Å². The summed E-state index contributed by atoms with van der Waals surface area (Å²) in [5.41, 5.74) is 2.19. The minimum absolute atomic E-state index is 0.0653. The fourth-order valence-electron chi connectivity index (χ4n) is 2.56. The van der Waals surface area contributed by atoms with Gasteiger partial charge in [0.25, 0.3) is 5.91 Å². The first-order valence-electron chi connectivity index (χ1n) is 7.32. The van der Waals surface area contributed by atoms with Crippen LogP contribution in [0.5, 0.6) is 5.75 Å². The van der Waals surface area contributed by atoms with E-state index in [1.165, 1.54) is 7.11 Å². The Balaban J connectivity index is 1.94. The van der Waals surface area contributed by atoms with Crippen LogP contribution in [0.3, 0.4) is 0 Å². The fraction of sp³-hybridized carbons (Fsp3) is 0.167. The first-order chi connectivity index (χ1) is 11.6. The molecule has 0 atom stereocenters. The average molecular weight is 325 g/mol. The average Bonchev–Trinajstić information content (AvgIpc) is 2.63. The van der Waals surface area contributed by atoms with Crippen molar-refractivity contribution in [2.24, 2.45) is 0 Å². The lowest BCUT2D eigenvalue weighted by molar-refractivity contribution is -0.121. The van der Waals surface area contributed by atoms with E-state index in [9.17, 15) is 14.4 Å². The Bertz CT molecular complexity index is 815. The maximum Gasteiger partial charge on any atom is 0.337 e. The molecule has 1 aliphatic heterocycles. The van der Waals surface area contributed by atoms with Crippen molar-refractivity contribution in [1.29, 1.82) is 0 Å². The van der Waals surface area contributed by atoms with E-state index in [1.807, 2.05) is 6.07 Å². The van der Waals surface area contributed by atoms with Gasteiger partial charge in [-0.3, -0.25) is 9.59 Å². The van der Waals surface area contributed by atoms with E-state index in [0.717, 1.165) is 11.8 Å². The summed E-state index contributed by atoms with van der Waals surface area (Å²) in [7, 11) is 1.32. The normalized spacial score (nSPS) is 13.0. The number of rotatable bonds is 4. The van der Waals surface area contributed by atoms with E-state index in [0.29, 0.717) is 22.6 Å². The van der Waals surface area contributed by atoms with Crippen LogP contribution in [0, 0.1) is 0 Å². The lowest BCUT2D eigenvalue weighted by atomic mass is 10.1. The summed E-state index contributed by atoms with van der Waals surface area (Å²) in [6.07, 6.45) is 0.718. The Labute approximate surface area is 138 Å². The molecule has 0 aliphatic carbocycles. The third kappa shape index (κ3) is 2.99. The fourth-order valence-corrected chi connectivity index (χ4v) is 2.56. The lowest BCUT2D eigenvalue weighted by Crippen LogP contribution is -2.38. The number of methoxy groups -OCH3 is 1. The van der Waals surface area contributed by atoms with E-state index in [4.69, 9.17) is 9.47 Å². The van der Waals surface area contributed by atoms with Gasteiger partial charge >= 0.3 is 5.97 Å². The SMILES string of the molecule is COC(=O)c1cccc(CN2C(=O)COc3ccc(C=O)cc32)c1. The summed E-state index contributed by atoms with van der Waals surface area (Å²) in [6.45, 7) is 0.201. The number of hydrogen-bond donors (Lipinski definition) is 0. The standard InChI is InChI=1S/C18H15NO5/c1-23-18(22)14-4-2-3-12(7-14)9-19-15-8-13(10-20)5-6-16(15)24-11-17(19)21/h2-8,10H,9,11H2,1H3. The number of esters is 1. The van der Waals surface area contributed by atoms with Crippen molar-refractivity contribution in [1.82, 2.24) is 0 Å². The zero-order valence-electron chi connectivity index (χ0n) is 13.0. The molecular weight excluding hydrogens is 310 g/mol. The van der Waals surface area contributed by atoms with Crippen molar-refractivity contribution in [2.75, 3.05) is 18.6 Å². The van der Waals surface area contributed by atoms with Gasteiger partial charge in [0.1, 0.15) is 12.0 Å². The Morgan fingerprint density at radius 1 is 1.29 bits per heavy atom. The third-order valence-electron chi connectivity index (χ3n) is 3.75. The minimum Gasteiger partial charge on any atom is -0.482 e. The topological polar surface area (TPSA) is 72.9 Å². The van der Waals surface area contributed by atoms with Crippen molar-refractivity contribution in [2.45, 2.75) is 6.54 Å². The molecule has 1 heterocycles. The van der Waals surface area contributed by atoms with Crippen LogP contribution in [0.25, 0.3) is 0 Å². The molecule has 0 radical (unpaired) electrons. The summed E-state index contributed by atoms with van der Waals surface area (Å²) in [6, 6.07) is 11.8. The number of ether oxygens (including phenoxy) is 2. The van der Waals surface area contributed by atoms with Crippen molar-refractivity contribution < 1.29 is 23.9 Å². The highest BCUT2D eigenvalue weighted by atomic mass is 16.5. The Hall–Kier alpha value is -3.15. The van der Waals surface area contributed by atoms with Crippen LogP contribution >= 0.6 is 0 Å². The quantitative estimate of drug-likeness (QED) is 0.636. The van der Waals surface area contributed by atoms with Crippen LogP contribution in [0.1, 0.15) is 26.3 Å². The number of aldehydes is 1. The number of amides is 1. The molecule has 0 N–H and O–H groups in total.